The van der Waals surface area contributed by atoms with Gasteiger partial charge in [-0.2, -0.15) is 0 Å². The number of carbonyl (C=O) groups is 1. The van der Waals surface area contributed by atoms with Crippen LogP contribution in [0, 0.1) is 6.92 Å². The molecule has 1 aromatic rings. The first-order chi connectivity index (χ1) is 12.0. The van der Waals surface area contributed by atoms with Crippen molar-refractivity contribution < 1.29 is 4.79 Å². The molecule has 0 radical (unpaired) electrons. The fraction of sp³-hybridized carbons (Fsp3) is 0.579. The first kappa shape index (κ1) is 16.2. The number of hydrogen-bond acceptors (Lipinski definition) is 5. The van der Waals surface area contributed by atoms with E-state index >= 15 is 0 Å². The Morgan fingerprint density at radius 2 is 2.04 bits per heavy atom. The molecule has 0 spiro atoms. The molecule has 2 bridgehead atoms. The Morgan fingerprint density at radius 3 is 2.76 bits per heavy atom. The first-order valence-electron chi connectivity index (χ1n) is 9.08. The van der Waals surface area contributed by atoms with E-state index in [1.807, 2.05) is 13.8 Å². The summed E-state index contributed by atoms with van der Waals surface area (Å²) in [6, 6.07) is 0. The van der Waals surface area contributed by atoms with Crippen LogP contribution in [0.4, 0.5) is 0 Å². The highest BCUT2D eigenvalue weighted by Crippen LogP contribution is 2.51. The van der Waals surface area contributed by atoms with Gasteiger partial charge in [0.1, 0.15) is 12.4 Å². The van der Waals surface area contributed by atoms with E-state index < -0.39 is 0 Å². The summed E-state index contributed by atoms with van der Waals surface area (Å²) < 4.78 is 0. The van der Waals surface area contributed by atoms with Crippen molar-refractivity contribution in [3.8, 4) is 0 Å². The van der Waals surface area contributed by atoms with Gasteiger partial charge in [0.25, 0.3) is 5.91 Å². The van der Waals surface area contributed by atoms with Crippen molar-refractivity contribution in [1.29, 1.82) is 0 Å². The Balaban J connectivity index is 1.50. The Hall–Kier alpha value is -2.24. The maximum atomic E-state index is 12.7. The lowest BCUT2D eigenvalue weighted by atomic mass is 9.77. The van der Waals surface area contributed by atoms with E-state index in [0.717, 1.165) is 50.2 Å². The van der Waals surface area contributed by atoms with E-state index in [4.69, 9.17) is 0 Å². The molecule has 25 heavy (non-hydrogen) atoms. The molecule has 2 aliphatic carbocycles. The number of aryl methyl sites for hydroxylation is 1. The van der Waals surface area contributed by atoms with Crippen LogP contribution in [0.1, 0.15) is 61.6 Å². The predicted octanol–water partition coefficient (Wildman–Crippen LogP) is 2.61. The molecule has 6 heteroatoms. The van der Waals surface area contributed by atoms with Gasteiger partial charge in [0.2, 0.25) is 0 Å². The van der Waals surface area contributed by atoms with Gasteiger partial charge in [0, 0.05) is 29.2 Å². The Morgan fingerprint density at radius 1 is 1.16 bits per heavy atom. The second kappa shape index (κ2) is 5.93. The number of nitrogens with zero attached hydrogens (tertiary/aromatic N) is 4. The highest BCUT2D eigenvalue weighted by molar-refractivity contribution is 5.93. The lowest BCUT2D eigenvalue weighted by Gasteiger charge is -2.46. The molecule has 2 fully saturated rings. The number of aliphatic imine (C=N–C) groups is 1. The number of rotatable bonds is 3. The van der Waals surface area contributed by atoms with Gasteiger partial charge in [-0.05, 0) is 58.4 Å². The minimum atomic E-state index is -0.119. The molecule has 3 aliphatic rings. The van der Waals surface area contributed by atoms with E-state index in [1.54, 1.807) is 12.4 Å². The van der Waals surface area contributed by atoms with Crippen molar-refractivity contribution in [1.82, 2.24) is 20.2 Å². The minimum absolute atomic E-state index is 0.103. The molecule has 6 nitrogen and oxygen atoms in total. The number of hydrogen-bond donors (Lipinski definition) is 1. The van der Waals surface area contributed by atoms with E-state index in [9.17, 15) is 4.79 Å². The fourth-order valence-electron chi connectivity index (χ4n) is 4.63. The van der Waals surface area contributed by atoms with Crippen LogP contribution in [0.25, 0.3) is 0 Å². The van der Waals surface area contributed by atoms with Crippen LogP contribution in [-0.4, -0.2) is 44.2 Å². The van der Waals surface area contributed by atoms with Gasteiger partial charge in [0.05, 0.1) is 11.9 Å². The van der Waals surface area contributed by atoms with Crippen LogP contribution in [-0.2, 0) is 0 Å². The predicted molar refractivity (Wildman–Crippen MR) is 96.4 cm³/mol. The van der Waals surface area contributed by atoms with Crippen molar-refractivity contribution in [3.05, 3.63) is 36.1 Å². The molecule has 2 unspecified atom stereocenters. The summed E-state index contributed by atoms with van der Waals surface area (Å²) in [6.07, 6.45) is 14.0. The molecule has 0 saturated heterocycles. The smallest absolute Gasteiger partial charge is 0.271 e. The van der Waals surface area contributed by atoms with Gasteiger partial charge in [-0.25, -0.2) is 4.98 Å². The first-order valence-corrected chi connectivity index (χ1v) is 9.08. The highest BCUT2D eigenvalue weighted by atomic mass is 16.2. The van der Waals surface area contributed by atoms with E-state index in [0.29, 0.717) is 5.69 Å². The van der Waals surface area contributed by atoms with Crippen LogP contribution in [0.15, 0.2) is 29.7 Å². The van der Waals surface area contributed by atoms with Gasteiger partial charge in [0.15, 0.2) is 0 Å². The number of allylic oxidation sites excluding steroid dienone is 1. The molecule has 1 aromatic heterocycles. The lowest BCUT2D eigenvalue weighted by molar-refractivity contribution is 0.0768. The largest absolute Gasteiger partial charge is 0.353 e. The van der Waals surface area contributed by atoms with Crippen molar-refractivity contribution in [2.24, 2.45) is 4.99 Å². The molecule has 1 N–H and O–H groups in total. The number of aromatic nitrogens is 2. The molecule has 2 saturated carbocycles. The van der Waals surface area contributed by atoms with Crippen molar-refractivity contribution >= 4 is 11.6 Å². The number of fused-ring (bicyclic) bond motifs is 2. The summed E-state index contributed by atoms with van der Waals surface area (Å²) in [5.74, 6) is -0.103. The Bertz CT molecular complexity index is 741. The summed E-state index contributed by atoms with van der Waals surface area (Å²) in [7, 11) is 0. The normalized spacial score (nSPS) is 31.0. The number of amides is 1. The molecule has 132 valence electrons. The molecule has 4 rings (SSSR count). The van der Waals surface area contributed by atoms with Gasteiger partial charge < -0.3 is 10.2 Å². The monoisotopic (exact) mass is 339 g/mol. The van der Waals surface area contributed by atoms with Crippen LogP contribution in [0.3, 0.4) is 0 Å². The number of nitrogens with one attached hydrogen (secondary N) is 1. The third kappa shape index (κ3) is 2.94. The molecule has 2 atom stereocenters. The standard InChI is InChI=1S/C19H25N5O/c1-14-4-9-24(13-22-14)19-6-3-5-18(12-19,7-8-19)23-17(25)16-11-20-15(2)10-21-16/h4,9-11H,3,5-8,12-13H2,1-2H3,(H,23,25). The van der Waals surface area contributed by atoms with Gasteiger partial charge in [-0.1, -0.05) is 0 Å². The molecule has 0 aromatic carbocycles. The average Bonchev–Trinajstić information content (AvgIpc) is 2.87. The zero-order valence-electron chi connectivity index (χ0n) is 15.0. The third-order valence-corrected chi connectivity index (χ3v) is 6.00. The van der Waals surface area contributed by atoms with Crippen molar-refractivity contribution in [2.45, 2.75) is 63.5 Å². The van der Waals surface area contributed by atoms with Gasteiger partial charge >= 0.3 is 0 Å². The SMILES string of the molecule is CC1=NCN(C23CCCC(NC(=O)c4cnc(C)cn4)(CC2)C3)C=C1. The van der Waals surface area contributed by atoms with E-state index in [1.165, 1.54) is 6.42 Å². The Kier molecular flexibility index (Phi) is 3.85. The quantitative estimate of drug-likeness (QED) is 0.919. The van der Waals surface area contributed by atoms with E-state index in [-0.39, 0.29) is 17.0 Å². The summed E-state index contributed by atoms with van der Waals surface area (Å²) in [4.78, 5) is 28.1. The summed E-state index contributed by atoms with van der Waals surface area (Å²) >= 11 is 0. The number of carbonyl (C=O) groups excluding carboxylic acids is 1. The second-order valence-corrected chi connectivity index (χ2v) is 7.76. The average molecular weight is 339 g/mol. The molecular weight excluding hydrogens is 314 g/mol. The molecular formula is C19H25N5O. The zero-order chi connectivity index (χ0) is 17.5. The fourth-order valence-corrected chi connectivity index (χ4v) is 4.63. The molecule has 1 amide bonds. The van der Waals surface area contributed by atoms with Crippen LogP contribution in [0.5, 0.6) is 0 Å². The summed E-state index contributed by atoms with van der Waals surface area (Å²) in [5.41, 5.74) is 2.32. The minimum Gasteiger partial charge on any atom is -0.353 e. The van der Waals surface area contributed by atoms with Crippen LogP contribution < -0.4 is 5.32 Å². The summed E-state index contributed by atoms with van der Waals surface area (Å²) in [5, 5.41) is 3.30. The lowest BCUT2D eigenvalue weighted by Crippen LogP contribution is -2.54. The van der Waals surface area contributed by atoms with Crippen LogP contribution >= 0.6 is 0 Å². The van der Waals surface area contributed by atoms with Crippen molar-refractivity contribution in [2.75, 3.05) is 6.67 Å². The highest BCUT2D eigenvalue weighted by Gasteiger charge is 2.54. The van der Waals surface area contributed by atoms with E-state index in [2.05, 4.69) is 37.5 Å². The molecule has 2 heterocycles. The zero-order valence-corrected chi connectivity index (χ0v) is 15.0. The second-order valence-electron chi connectivity index (χ2n) is 7.76. The van der Waals surface area contributed by atoms with Crippen molar-refractivity contribution in [3.63, 3.8) is 0 Å². The maximum Gasteiger partial charge on any atom is 0.271 e. The maximum absolute atomic E-state index is 12.7. The summed E-state index contributed by atoms with van der Waals surface area (Å²) in [6.45, 7) is 4.64. The molecule has 1 aliphatic heterocycles. The van der Waals surface area contributed by atoms with Gasteiger partial charge in [-0.3, -0.25) is 14.8 Å². The van der Waals surface area contributed by atoms with Gasteiger partial charge in [-0.15, -0.1) is 0 Å². The third-order valence-electron chi connectivity index (χ3n) is 6.00. The topological polar surface area (TPSA) is 70.5 Å². The van der Waals surface area contributed by atoms with Crippen LogP contribution in [0.2, 0.25) is 0 Å². The Labute approximate surface area is 148 Å².